The van der Waals surface area contributed by atoms with Gasteiger partial charge in [-0.05, 0) is 73.0 Å². The Morgan fingerprint density at radius 3 is 2.82 bits per heavy atom. The molecule has 22 heavy (non-hydrogen) atoms. The molecule has 0 spiro atoms. The summed E-state index contributed by atoms with van der Waals surface area (Å²) in [7, 11) is 0. The normalized spacial score (nSPS) is 38.5. The first-order valence-corrected chi connectivity index (χ1v) is 8.59. The second-order valence-corrected chi connectivity index (χ2v) is 8.04. The summed E-state index contributed by atoms with van der Waals surface area (Å²) in [6.07, 6.45) is 10.9. The Morgan fingerprint density at radius 2 is 2.14 bits per heavy atom. The summed E-state index contributed by atoms with van der Waals surface area (Å²) in [4.78, 5) is 12.2. The number of ketones is 1. The van der Waals surface area contributed by atoms with Gasteiger partial charge in [-0.3, -0.25) is 4.79 Å². The molecule has 2 aliphatic rings. The van der Waals surface area contributed by atoms with Gasteiger partial charge < -0.3 is 4.42 Å². The molecule has 2 nitrogen and oxygen atoms in total. The van der Waals surface area contributed by atoms with Gasteiger partial charge in [-0.2, -0.15) is 0 Å². The van der Waals surface area contributed by atoms with E-state index in [0.717, 1.165) is 19.3 Å². The van der Waals surface area contributed by atoms with Gasteiger partial charge in [0, 0.05) is 6.42 Å². The summed E-state index contributed by atoms with van der Waals surface area (Å²) in [5.41, 5.74) is 2.99. The Balaban J connectivity index is 1.90. The Hall–Kier alpha value is -1.31. The van der Waals surface area contributed by atoms with Crippen molar-refractivity contribution in [1.29, 1.82) is 0 Å². The highest BCUT2D eigenvalue weighted by Gasteiger charge is 2.54. The van der Waals surface area contributed by atoms with E-state index >= 15 is 0 Å². The Morgan fingerprint density at radius 1 is 1.36 bits per heavy atom. The zero-order valence-electron chi connectivity index (χ0n) is 14.3. The molecule has 0 radical (unpaired) electrons. The van der Waals surface area contributed by atoms with Crippen LogP contribution in [-0.2, 0) is 11.2 Å². The maximum absolute atomic E-state index is 12.2. The zero-order chi connectivity index (χ0) is 16.0. The third-order valence-electron chi connectivity index (χ3n) is 7.00. The van der Waals surface area contributed by atoms with Crippen LogP contribution in [0.2, 0.25) is 0 Å². The quantitative estimate of drug-likeness (QED) is 0.769. The van der Waals surface area contributed by atoms with Gasteiger partial charge in [0.15, 0.2) is 5.78 Å². The molecule has 0 N–H and O–H groups in total. The highest BCUT2D eigenvalue weighted by atomic mass is 16.3. The Labute approximate surface area is 134 Å². The molecule has 0 bridgehead atoms. The number of rotatable bonds is 3. The van der Waals surface area contributed by atoms with Gasteiger partial charge in [0.1, 0.15) is 0 Å². The molecule has 1 saturated carbocycles. The summed E-state index contributed by atoms with van der Waals surface area (Å²) in [5.74, 6) is 1.45. The van der Waals surface area contributed by atoms with Crippen molar-refractivity contribution in [2.75, 3.05) is 0 Å². The molecular weight excluding hydrogens is 272 g/mol. The predicted octanol–water partition coefficient (Wildman–Crippen LogP) is 5.19. The van der Waals surface area contributed by atoms with E-state index in [-0.39, 0.29) is 10.8 Å². The highest BCUT2D eigenvalue weighted by molar-refractivity contribution is 5.92. The molecule has 3 rings (SSSR count). The lowest BCUT2D eigenvalue weighted by atomic mass is 9.47. The maximum Gasteiger partial charge on any atom is 0.155 e. The van der Waals surface area contributed by atoms with Crippen LogP contribution >= 0.6 is 0 Å². The molecule has 2 heteroatoms. The van der Waals surface area contributed by atoms with Crippen LogP contribution in [0.15, 0.2) is 34.7 Å². The smallest absolute Gasteiger partial charge is 0.155 e. The van der Waals surface area contributed by atoms with E-state index in [0.29, 0.717) is 17.6 Å². The molecule has 120 valence electrons. The van der Waals surface area contributed by atoms with Crippen molar-refractivity contribution in [2.45, 2.75) is 59.8 Å². The van der Waals surface area contributed by atoms with E-state index in [9.17, 15) is 4.79 Å². The second-order valence-electron chi connectivity index (χ2n) is 8.04. The van der Waals surface area contributed by atoms with Gasteiger partial charge in [0.2, 0.25) is 0 Å². The van der Waals surface area contributed by atoms with E-state index in [4.69, 9.17) is 4.42 Å². The number of hydrogen-bond donors (Lipinski definition) is 0. The van der Waals surface area contributed by atoms with Crippen LogP contribution in [0.4, 0.5) is 0 Å². The van der Waals surface area contributed by atoms with Gasteiger partial charge in [-0.15, -0.1) is 0 Å². The first kappa shape index (κ1) is 15.6. The van der Waals surface area contributed by atoms with Crippen molar-refractivity contribution < 1.29 is 9.21 Å². The summed E-state index contributed by atoms with van der Waals surface area (Å²) in [6, 6.07) is 2.06. The van der Waals surface area contributed by atoms with Crippen LogP contribution in [0.3, 0.4) is 0 Å². The fraction of sp³-hybridized carbons (Fsp3) is 0.650. The molecular formula is C20H28O2. The first-order valence-electron chi connectivity index (χ1n) is 8.59. The molecule has 0 aliphatic heterocycles. The van der Waals surface area contributed by atoms with E-state index in [1.807, 2.05) is 12.3 Å². The van der Waals surface area contributed by atoms with Crippen molar-refractivity contribution in [3.63, 3.8) is 0 Å². The summed E-state index contributed by atoms with van der Waals surface area (Å²) < 4.78 is 5.21. The molecule has 1 aromatic heterocycles. The lowest BCUT2D eigenvalue weighted by Crippen LogP contribution is -2.51. The number of aryl methyl sites for hydroxylation is 1. The third kappa shape index (κ3) is 2.37. The van der Waals surface area contributed by atoms with Crippen molar-refractivity contribution in [2.24, 2.45) is 22.7 Å². The fourth-order valence-corrected chi connectivity index (χ4v) is 4.96. The third-order valence-corrected chi connectivity index (χ3v) is 7.00. The lowest BCUT2D eigenvalue weighted by molar-refractivity contribution is -0.123. The van der Waals surface area contributed by atoms with E-state index < -0.39 is 0 Å². The minimum atomic E-state index is 0.200. The van der Waals surface area contributed by atoms with Crippen molar-refractivity contribution >= 4 is 5.78 Å². The number of fused-ring (bicyclic) bond motifs is 1. The number of furan rings is 1. The van der Waals surface area contributed by atoms with Crippen LogP contribution in [0, 0.1) is 22.7 Å². The summed E-state index contributed by atoms with van der Waals surface area (Å²) in [6.45, 7) is 9.35. The molecule has 0 amide bonds. The van der Waals surface area contributed by atoms with Crippen LogP contribution in [0.1, 0.15) is 58.9 Å². The average Bonchev–Trinajstić information content (AvgIpc) is 2.98. The molecule has 1 aromatic rings. The van der Waals surface area contributed by atoms with Crippen LogP contribution in [0.5, 0.6) is 0 Å². The molecule has 0 unspecified atom stereocenters. The van der Waals surface area contributed by atoms with Gasteiger partial charge >= 0.3 is 0 Å². The average molecular weight is 300 g/mol. The van der Waals surface area contributed by atoms with Gasteiger partial charge in [-0.1, -0.05) is 26.3 Å². The molecule has 2 aliphatic carbocycles. The van der Waals surface area contributed by atoms with Gasteiger partial charge in [-0.25, -0.2) is 0 Å². The highest BCUT2D eigenvalue weighted by Crippen LogP contribution is 2.61. The van der Waals surface area contributed by atoms with Gasteiger partial charge in [0.25, 0.3) is 0 Å². The lowest BCUT2D eigenvalue weighted by Gasteiger charge is -2.57. The van der Waals surface area contributed by atoms with Crippen LogP contribution in [-0.4, -0.2) is 5.78 Å². The molecule has 0 aromatic carbocycles. The Kier molecular flexibility index (Phi) is 3.82. The maximum atomic E-state index is 12.2. The summed E-state index contributed by atoms with van der Waals surface area (Å²) >= 11 is 0. The fourth-order valence-electron chi connectivity index (χ4n) is 4.96. The minimum absolute atomic E-state index is 0.200. The second kappa shape index (κ2) is 5.40. The monoisotopic (exact) mass is 300 g/mol. The standard InChI is InChI=1S/C20H28O2/c1-14-5-8-20(4)15(2)11-17(21)12-18(20)19(14,3)9-6-16-7-10-22-13-16/h7,10-11,13-14,18H,5-6,8-9,12H2,1-4H3/t14-,18+,19-,20+/m0/s1. The Bertz CT molecular complexity index is 583. The largest absolute Gasteiger partial charge is 0.472 e. The molecule has 1 fully saturated rings. The SMILES string of the molecule is CC1=CC(=O)C[C@@H]2[C@@](C)(CCc3ccoc3)[C@@H](C)CC[C@]12C. The predicted molar refractivity (Wildman–Crippen MR) is 88.5 cm³/mol. The zero-order valence-corrected chi connectivity index (χ0v) is 14.3. The van der Waals surface area contributed by atoms with Crippen LogP contribution < -0.4 is 0 Å². The van der Waals surface area contributed by atoms with Crippen LogP contribution in [0.25, 0.3) is 0 Å². The van der Waals surface area contributed by atoms with Crippen molar-refractivity contribution in [1.82, 2.24) is 0 Å². The van der Waals surface area contributed by atoms with Gasteiger partial charge in [0.05, 0.1) is 12.5 Å². The van der Waals surface area contributed by atoms with E-state index in [1.54, 1.807) is 6.26 Å². The van der Waals surface area contributed by atoms with Crippen molar-refractivity contribution in [3.8, 4) is 0 Å². The first-order chi connectivity index (χ1) is 10.4. The van der Waals surface area contributed by atoms with Crippen molar-refractivity contribution in [3.05, 3.63) is 35.8 Å². The summed E-state index contributed by atoms with van der Waals surface area (Å²) in [5, 5.41) is 0. The van der Waals surface area contributed by atoms with E-state index in [1.165, 1.54) is 24.0 Å². The topological polar surface area (TPSA) is 30.2 Å². The number of carbonyl (C=O) groups excluding carboxylic acids is 1. The molecule has 0 saturated heterocycles. The number of hydrogen-bond acceptors (Lipinski definition) is 2. The number of allylic oxidation sites excluding steroid dienone is 2. The molecule has 4 atom stereocenters. The number of carbonyl (C=O) groups is 1. The van der Waals surface area contributed by atoms with E-state index in [2.05, 4.69) is 33.8 Å². The minimum Gasteiger partial charge on any atom is -0.472 e. The molecule has 1 heterocycles.